The molecule has 1 heterocycles. The minimum atomic E-state index is -1.04. The van der Waals surface area contributed by atoms with Crippen molar-refractivity contribution in [3.8, 4) is 0 Å². The first-order chi connectivity index (χ1) is 8.56. The molecule has 1 aromatic rings. The van der Waals surface area contributed by atoms with Crippen LogP contribution in [0.25, 0.3) is 0 Å². The molecule has 0 saturated heterocycles. The molecule has 0 aliphatic heterocycles. The molecule has 18 heavy (non-hydrogen) atoms. The fourth-order valence-electron chi connectivity index (χ4n) is 1.30. The molecule has 1 aromatic heterocycles. The smallest absolute Gasteiger partial charge is 0.324 e. The van der Waals surface area contributed by atoms with Gasteiger partial charge in [0.15, 0.2) is 0 Å². The van der Waals surface area contributed by atoms with Gasteiger partial charge in [-0.15, -0.1) is 10.2 Å². The Balaban J connectivity index is 2.62. The molecule has 0 aliphatic rings. The Kier molecular flexibility index (Phi) is 5.50. The van der Waals surface area contributed by atoms with Gasteiger partial charge in [-0.2, -0.15) is 0 Å². The summed E-state index contributed by atoms with van der Waals surface area (Å²) in [5.41, 5.74) is 0. The first-order valence-electron chi connectivity index (χ1n) is 5.66. The number of hydrogen-bond acceptors (Lipinski definition) is 5. The van der Waals surface area contributed by atoms with Crippen molar-refractivity contribution < 1.29 is 14.7 Å². The largest absolute Gasteiger partial charge is 0.480 e. The zero-order valence-electron chi connectivity index (χ0n) is 10.3. The van der Waals surface area contributed by atoms with Crippen LogP contribution >= 0.6 is 11.3 Å². The number of hydrogen-bond donors (Lipinski definition) is 2. The van der Waals surface area contributed by atoms with E-state index in [4.69, 9.17) is 5.11 Å². The van der Waals surface area contributed by atoms with Crippen molar-refractivity contribution in [1.29, 1.82) is 0 Å². The first kappa shape index (κ1) is 14.4. The highest BCUT2D eigenvalue weighted by Gasteiger charge is 2.17. The molecule has 2 N–H and O–H groups in total. The molecule has 0 radical (unpaired) electrons. The Bertz CT molecular complexity index is 421. The first-order valence-corrected chi connectivity index (χ1v) is 6.48. The van der Waals surface area contributed by atoms with Gasteiger partial charge in [-0.3, -0.25) is 10.1 Å². The van der Waals surface area contributed by atoms with Crippen molar-refractivity contribution in [3.05, 3.63) is 5.01 Å². The maximum atomic E-state index is 11.8. The SMILES string of the molecule is CCCN(CC(=O)O)C(=O)Nc1nnc(CC)s1. The van der Waals surface area contributed by atoms with Crippen LogP contribution in [-0.4, -0.2) is 45.3 Å². The number of nitrogens with one attached hydrogen (secondary N) is 1. The molecule has 0 aliphatic carbocycles. The van der Waals surface area contributed by atoms with Crippen LogP contribution in [0, 0.1) is 0 Å². The summed E-state index contributed by atoms with van der Waals surface area (Å²) in [4.78, 5) is 23.7. The number of rotatable bonds is 6. The predicted molar refractivity (Wildman–Crippen MR) is 67.8 cm³/mol. The number of aryl methyl sites for hydroxylation is 1. The monoisotopic (exact) mass is 272 g/mol. The van der Waals surface area contributed by atoms with Crippen molar-refractivity contribution in [2.45, 2.75) is 26.7 Å². The third-order valence-corrected chi connectivity index (χ3v) is 3.07. The Labute approximate surface area is 109 Å². The number of carboxylic acid groups (broad SMARTS) is 1. The molecular formula is C10H16N4O3S. The number of aliphatic carboxylic acids is 1. The molecule has 2 amide bonds. The second-order valence-electron chi connectivity index (χ2n) is 3.60. The topological polar surface area (TPSA) is 95.4 Å². The van der Waals surface area contributed by atoms with Gasteiger partial charge in [-0.25, -0.2) is 4.79 Å². The normalized spacial score (nSPS) is 10.1. The number of carboxylic acids is 1. The quantitative estimate of drug-likeness (QED) is 0.816. The molecule has 1 rings (SSSR count). The molecule has 0 spiro atoms. The van der Waals surface area contributed by atoms with Crippen LogP contribution in [0.3, 0.4) is 0 Å². The van der Waals surface area contributed by atoms with Crippen molar-refractivity contribution in [3.63, 3.8) is 0 Å². The van der Waals surface area contributed by atoms with Crippen LogP contribution < -0.4 is 5.32 Å². The zero-order chi connectivity index (χ0) is 13.5. The van der Waals surface area contributed by atoms with Gasteiger partial charge in [-0.05, 0) is 12.8 Å². The Morgan fingerprint density at radius 1 is 1.39 bits per heavy atom. The summed E-state index contributed by atoms with van der Waals surface area (Å²) in [5, 5.41) is 20.2. The summed E-state index contributed by atoms with van der Waals surface area (Å²) in [6.07, 6.45) is 1.44. The molecule has 0 saturated carbocycles. The van der Waals surface area contributed by atoms with E-state index < -0.39 is 12.0 Å². The number of urea groups is 1. The van der Waals surface area contributed by atoms with E-state index in [0.717, 1.165) is 11.4 Å². The van der Waals surface area contributed by atoms with Crippen molar-refractivity contribution in [1.82, 2.24) is 15.1 Å². The average Bonchev–Trinajstić information content (AvgIpc) is 2.75. The van der Waals surface area contributed by atoms with Crippen molar-refractivity contribution in [2.75, 3.05) is 18.4 Å². The van der Waals surface area contributed by atoms with Gasteiger partial charge >= 0.3 is 12.0 Å². The maximum absolute atomic E-state index is 11.8. The van der Waals surface area contributed by atoms with Crippen LogP contribution in [0.1, 0.15) is 25.3 Å². The lowest BCUT2D eigenvalue weighted by atomic mass is 10.4. The molecule has 8 heteroatoms. The summed E-state index contributed by atoms with van der Waals surface area (Å²) in [6.45, 7) is 3.89. The van der Waals surface area contributed by atoms with E-state index in [1.807, 2.05) is 13.8 Å². The Hall–Kier alpha value is -1.70. The summed E-state index contributed by atoms with van der Waals surface area (Å²) in [6, 6.07) is -0.460. The molecule has 0 fully saturated rings. The van der Waals surface area contributed by atoms with Gasteiger partial charge < -0.3 is 10.0 Å². The molecular weight excluding hydrogens is 256 g/mol. The molecule has 0 bridgehead atoms. The summed E-state index contributed by atoms with van der Waals surface area (Å²) >= 11 is 1.29. The number of carbonyl (C=O) groups excluding carboxylic acids is 1. The van der Waals surface area contributed by atoms with Gasteiger partial charge in [0.1, 0.15) is 11.6 Å². The van der Waals surface area contributed by atoms with Gasteiger partial charge in [0, 0.05) is 6.54 Å². The molecule has 100 valence electrons. The van der Waals surface area contributed by atoms with Crippen LogP contribution in [0.4, 0.5) is 9.93 Å². The van der Waals surface area contributed by atoms with E-state index in [9.17, 15) is 9.59 Å². The van der Waals surface area contributed by atoms with Crippen molar-refractivity contribution in [2.24, 2.45) is 0 Å². The Morgan fingerprint density at radius 3 is 2.61 bits per heavy atom. The second-order valence-corrected chi connectivity index (χ2v) is 4.66. The standard InChI is InChI=1S/C10H16N4O3S/c1-3-5-14(6-8(15)16)10(17)11-9-13-12-7(4-2)18-9/h3-6H2,1-2H3,(H,15,16)(H,11,13,17). The lowest BCUT2D eigenvalue weighted by Gasteiger charge is -2.19. The third-order valence-electron chi connectivity index (χ3n) is 2.09. The zero-order valence-corrected chi connectivity index (χ0v) is 11.2. The van der Waals surface area contributed by atoms with Crippen molar-refractivity contribution >= 4 is 28.5 Å². The fraction of sp³-hybridized carbons (Fsp3) is 0.600. The number of anilines is 1. The number of aromatic nitrogens is 2. The number of amides is 2. The molecule has 7 nitrogen and oxygen atoms in total. The second kappa shape index (κ2) is 6.90. The highest BCUT2D eigenvalue weighted by Crippen LogP contribution is 2.15. The van der Waals surface area contributed by atoms with Gasteiger partial charge in [0.05, 0.1) is 0 Å². The predicted octanol–water partition coefficient (Wildman–Crippen LogP) is 1.43. The number of nitrogens with zero attached hydrogens (tertiary/aromatic N) is 3. The maximum Gasteiger partial charge on any atom is 0.324 e. The van der Waals surface area contributed by atoms with Gasteiger partial charge in [0.25, 0.3) is 0 Å². The highest BCUT2D eigenvalue weighted by molar-refractivity contribution is 7.15. The highest BCUT2D eigenvalue weighted by atomic mass is 32.1. The van der Waals surface area contributed by atoms with E-state index in [1.54, 1.807) is 0 Å². The molecule has 0 atom stereocenters. The lowest BCUT2D eigenvalue weighted by molar-refractivity contribution is -0.137. The van der Waals surface area contributed by atoms with Crippen LogP contribution in [0.5, 0.6) is 0 Å². The van der Waals surface area contributed by atoms with E-state index >= 15 is 0 Å². The molecule has 0 aromatic carbocycles. The Morgan fingerprint density at radius 2 is 2.11 bits per heavy atom. The third kappa shape index (κ3) is 4.28. The summed E-state index contributed by atoms with van der Waals surface area (Å²) in [5.74, 6) is -1.04. The minimum absolute atomic E-state index is 0.320. The molecule has 0 unspecified atom stereocenters. The van der Waals surface area contributed by atoms with Gasteiger partial charge in [-0.1, -0.05) is 25.2 Å². The van der Waals surface area contributed by atoms with Crippen LogP contribution in [-0.2, 0) is 11.2 Å². The summed E-state index contributed by atoms with van der Waals surface area (Å²) in [7, 11) is 0. The van der Waals surface area contributed by atoms with Gasteiger partial charge in [0.2, 0.25) is 5.13 Å². The van der Waals surface area contributed by atoms with E-state index in [-0.39, 0.29) is 6.54 Å². The average molecular weight is 272 g/mol. The van der Waals surface area contributed by atoms with Crippen LogP contribution in [0.15, 0.2) is 0 Å². The summed E-state index contributed by atoms with van der Waals surface area (Å²) < 4.78 is 0. The van der Waals surface area contributed by atoms with E-state index in [1.165, 1.54) is 16.2 Å². The lowest BCUT2D eigenvalue weighted by Crippen LogP contribution is -2.39. The van der Waals surface area contributed by atoms with E-state index in [0.29, 0.717) is 18.1 Å². The van der Waals surface area contributed by atoms with Crippen LogP contribution in [0.2, 0.25) is 0 Å². The fourth-order valence-corrected chi connectivity index (χ4v) is 1.97. The number of carbonyl (C=O) groups is 2. The van der Waals surface area contributed by atoms with E-state index in [2.05, 4.69) is 15.5 Å². The minimum Gasteiger partial charge on any atom is -0.480 e.